The molecule has 2 aromatic carbocycles. The quantitative estimate of drug-likeness (QED) is 0.476. The van der Waals surface area contributed by atoms with Gasteiger partial charge in [0, 0.05) is 22.2 Å². The van der Waals surface area contributed by atoms with E-state index in [1.165, 1.54) is 18.2 Å². The van der Waals surface area contributed by atoms with Gasteiger partial charge in [-0.05, 0) is 30.7 Å². The van der Waals surface area contributed by atoms with E-state index >= 15 is 0 Å². The van der Waals surface area contributed by atoms with Crippen molar-refractivity contribution < 1.29 is 14.5 Å². The molecule has 0 bridgehead atoms. The number of carbonyl (C=O) groups excluding carboxylic acids is 1. The Hall–Kier alpha value is -2.40. The number of carbonyl (C=O) groups is 1. The van der Waals surface area contributed by atoms with Crippen LogP contribution in [-0.4, -0.2) is 11.2 Å². The summed E-state index contributed by atoms with van der Waals surface area (Å²) < 4.78 is 5.46. The predicted octanol–water partition coefficient (Wildman–Crippen LogP) is 3.95. The number of rotatable bonds is 5. The fraction of sp³-hybridized carbons (Fsp3) is 0.133. The van der Waals surface area contributed by atoms with Gasteiger partial charge < -0.3 is 4.74 Å². The lowest BCUT2D eigenvalue weighted by molar-refractivity contribution is -0.385. The molecule has 0 saturated carbocycles. The van der Waals surface area contributed by atoms with Crippen LogP contribution in [0.25, 0.3) is 0 Å². The van der Waals surface area contributed by atoms with Gasteiger partial charge in [-0.25, -0.2) is 0 Å². The van der Waals surface area contributed by atoms with Gasteiger partial charge in [0.25, 0.3) is 0 Å². The molecule has 0 radical (unpaired) electrons. The van der Waals surface area contributed by atoms with E-state index in [4.69, 9.17) is 16.3 Å². The summed E-state index contributed by atoms with van der Waals surface area (Å²) in [5.41, 5.74) is 1.85. The van der Waals surface area contributed by atoms with Crippen LogP contribution in [0.3, 0.4) is 0 Å². The Morgan fingerprint density at radius 3 is 2.67 bits per heavy atom. The van der Waals surface area contributed by atoms with Crippen LogP contribution in [0.5, 0.6) is 5.75 Å². The molecular weight excluding hydrogens is 294 g/mol. The highest BCUT2D eigenvalue weighted by Crippen LogP contribution is 2.29. The fourth-order valence-corrected chi connectivity index (χ4v) is 2.09. The molecule has 6 heteroatoms. The Morgan fingerprint density at radius 2 is 2.05 bits per heavy atom. The molecule has 0 amide bonds. The molecule has 0 fully saturated rings. The average Bonchev–Trinajstić information content (AvgIpc) is 2.45. The Labute approximate surface area is 126 Å². The minimum atomic E-state index is -0.555. The van der Waals surface area contributed by atoms with Gasteiger partial charge in [-0.3, -0.25) is 14.9 Å². The number of halogens is 1. The van der Waals surface area contributed by atoms with Crippen LogP contribution in [0.2, 0.25) is 5.02 Å². The van der Waals surface area contributed by atoms with Gasteiger partial charge in [0.15, 0.2) is 5.75 Å². The first-order valence-corrected chi connectivity index (χ1v) is 6.50. The molecule has 0 heterocycles. The van der Waals surface area contributed by atoms with Crippen LogP contribution in [0.4, 0.5) is 5.69 Å². The number of ether oxygens (including phenoxy) is 1. The van der Waals surface area contributed by atoms with Gasteiger partial charge in [-0.15, -0.1) is 0 Å². The highest BCUT2D eigenvalue weighted by Gasteiger charge is 2.16. The minimum Gasteiger partial charge on any atom is -0.482 e. The van der Waals surface area contributed by atoms with Gasteiger partial charge >= 0.3 is 5.69 Å². The first kappa shape index (κ1) is 15.0. The molecule has 0 spiro atoms. The summed E-state index contributed by atoms with van der Waals surface area (Å²) in [6.45, 7) is 2.00. The van der Waals surface area contributed by atoms with Crippen molar-refractivity contribution in [2.24, 2.45) is 0 Å². The molecule has 0 aliphatic carbocycles. The van der Waals surface area contributed by atoms with Crippen molar-refractivity contribution in [1.29, 1.82) is 0 Å². The van der Waals surface area contributed by atoms with Crippen molar-refractivity contribution in [3.8, 4) is 5.75 Å². The molecule has 0 aliphatic rings. The molecule has 0 atom stereocenters. The Kier molecular flexibility index (Phi) is 4.55. The van der Waals surface area contributed by atoms with E-state index in [1.54, 1.807) is 12.1 Å². The lowest BCUT2D eigenvalue weighted by Gasteiger charge is -2.09. The maximum atomic E-state index is 11.0. The van der Waals surface area contributed by atoms with Crippen molar-refractivity contribution in [3.05, 3.63) is 68.2 Å². The molecule has 0 unspecified atom stereocenters. The lowest BCUT2D eigenvalue weighted by atomic mass is 10.1. The predicted molar refractivity (Wildman–Crippen MR) is 79.0 cm³/mol. The van der Waals surface area contributed by atoms with Crippen molar-refractivity contribution >= 4 is 23.6 Å². The minimum absolute atomic E-state index is 0.0428. The number of hydrogen-bond donors (Lipinski definition) is 0. The van der Waals surface area contributed by atoms with Crippen molar-refractivity contribution in [3.63, 3.8) is 0 Å². The first-order chi connectivity index (χ1) is 10.0. The largest absolute Gasteiger partial charge is 0.482 e. The zero-order chi connectivity index (χ0) is 15.4. The average molecular weight is 306 g/mol. The molecule has 0 aliphatic heterocycles. The monoisotopic (exact) mass is 305 g/mol. The normalized spacial score (nSPS) is 10.2. The molecule has 0 saturated heterocycles. The third-order valence-corrected chi connectivity index (χ3v) is 3.26. The molecule has 2 rings (SSSR count). The summed E-state index contributed by atoms with van der Waals surface area (Å²) in [4.78, 5) is 21.2. The third-order valence-electron chi connectivity index (χ3n) is 2.91. The number of nitro groups is 1. The number of benzene rings is 2. The van der Waals surface area contributed by atoms with Gasteiger partial charge in [-0.2, -0.15) is 0 Å². The summed E-state index contributed by atoms with van der Waals surface area (Å²) in [5, 5.41) is 11.5. The van der Waals surface area contributed by atoms with Crippen LogP contribution in [0.15, 0.2) is 36.4 Å². The summed E-state index contributed by atoms with van der Waals surface area (Å²) in [6.07, 6.45) is 0.607. The maximum Gasteiger partial charge on any atom is 0.310 e. The number of aldehydes is 1. The topological polar surface area (TPSA) is 69.4 Å². The van der Waals surface area contributed by atoms with Crippen molar-refractivity contribution in [2.75, 3.05) is 0 Å². The first-order valence-electron chi connectivity index (χ1n) is 6.12. The lowest BCUT2D eigenvalue weighted by Crippen LogP contribution is -2.00. The second-order valence-electron chi connectivity index (χ2n) is 4.49. The molecule has 21 heavy (non-hydrogen) atoms. The number of nitro benzene ring substituents is 1. The van der Waals surface area contributed by atoms with E-state index in [0.717, 1.165) is 5.56 Å². The zero-order valence-electron chi connectivity index (χ0n) is 11.2. The van der Waals surface area contributed by atoms with Crippen molar-refractivity contribution in [2.45, 2.75) is 13.5 Å². The highest BCUT2D eigenvalue weighted by molar-refractivity contribution is 6.31. The van der Waals surface area contributed by atoms with E-state index in [1.807, 2.05) is 13.0 Å². The summed E-state index contributed by atoms with van der Waals surface area (Å²) in [6, 6.07) is 9.42. The molecule has 0 N–H and O–H groups in total. The van der Waals surface area contributed by atoms with Gasteiger partial charge in [0.1, 0.15) is 12.9 Å². The van der Waals surface area contributed by atoms with E-state index < -0.39 is 4.92 Å². The Balaban J connectivity index is 2.26. The SMILES string of the molecule is Cc1ccc(COc2cc(C=O)ccc2[N+](=O)[O-])c(Cl)c1. The number of aryl methyl sites for hydroxylation is 1. The maximum absolute atomic E-state index is 11.0. The smallest absolute Gasteiger partial charge is 0.310 e. The summed E-state index contributed by atoms with van der Waals surface area (Å²) >= 11 is 6.09. The van der Waals surface area contributed by atoms with Crippen LogP contribution >= 0.6 is 11.6 Å². The fourth-order valence-electron chi connectivity index (χ4n) is 1.80. The molecule has 108 valence electrons. The number of nitrogens with zero attached hydrogens (tertiary/aromatic N) is 1. The zero-order valence-corrected chi connectivity index (χ0v) is 12.0. The second-order valence-corrected chi connectivity index (χ2v) is 4.89. The summed E-state index contributed by atoms with van der Waals surface area (Å²) in [5.74, 6) is 0.0428. The van der Waals surface area contributed by atoms with E-state index in [9.17, 15) is 14.9 Å². The van der Waals surface area contributed by atoms with Gasteiger partial charge in [0.05, 0.1) is 4.92 Å². The molecule has 2 aromatic rings. The highest BCUT2D eigenvalue weighted by atomic mass is 35.5. The number of hydrogen-bond acceptors (Lipinski definition) is 4. The third kappa shape index (κ3) is 3.58. The van der Waals surface area contributed by atoms with Crippen LogP contribution in [0, 0.1) is 17.0 Å². The van der Waals surface area contributed by atoms with Crippen LogP contribution < -0.4 is 4.74 Å². The van der Waals surface area contributed by atoms with Crippen molar-refractivity contribution in [1.82, 2.24) is 0 Å². The van der Waals surface area contributed by atoms with E-state index in [-0.39, 0.29) is 18.0 Å². The van der Waals surface area contributed by atoms with E-state index in [2.05, 4.69) is 0 Å². The standard InChI is InChI=1S/C15H12ClNO4/c1-10-2-4-12(13(16)6-10)9-21-15-7-11(8-18)3-5-14(15)17(19)20/h2-8H,9H2,1H3. The van der Waals surface area contributed by atoms with Crippen LogP contribution in [0.1, 0.15) is 21.5 Å². The molecular formula is C15H12ClNO4. The van der Waals surface area contributed by atoms with Gasteiger partial charge in [0.2, 0.25) is 0 Å². The summed E-state index contributed by atoms with van der Waals surface area (Å²) in [7, 11) is 0. The second kappa shape index (κ2) is 6.37. The van der Waals surface area contributed by atoms with Gasteiger partial charge in [-0.1, -0.05) is 23.7 Å². The Bertz CT molecular complexity index is 700. The van der Waals surface area contributed by atoms with Crippen LogP contribution in [-0.2, 0) is 6.61 Å². The Morgan fingerprint density at radius 1 is 1.29 bits per heavy atom. The van der Waals surface area contributed by atoms with E-state index in [0.29, 0.717) is 22.4 Å². The molecule has 0 aromatic heterocycles. The molecule has 5 nitrogen and oxygen atoms in total.